The summed E-state index contributed by atoms with van der Waals surface area (Å²) in [6.45, 7) is 3.33. The van der Waals surface area contributed by atoms with Crippen molar-refractivity contribution in [3.05, 3.63) is 24.3 Å². The number of benzene rings is 1. The summed E-state index contributed by atoms with van der Waals surface area (Å²) in [4.78, 5) is 25.2. The van der Waals surface area contributed by atoms with E-state index in [2.05, 4.69) is 10.6 Å². The van der Waals surface area contributed by atoms with Crippen LogP contribution in [0.2, 0.25) is 0 Å². The monoisotopic (exact) mass is 351 g/mol. The third kappa shape index (κ3) is 5.74. The number of carbonyl (C=O) groups excluding carboxylic acids is 2. The van der Waals surface area contributed by atoms with Gasteiger partial charge >= 0.3 is 12.1 Å². The third-order valence-corrected chi connectivity index (χ3v) is 3.89. The molecule has 1 heterocycles. The fourth-order valence-electron chi connectivity index (χ4n) is 2.58. The molecule has 0 aromatic heterocycles. The molecule has 0 spiro atoms. The second kappa shape index (κ2) is 9.61. The molecule has 138 valence electrons. The van der Waals surface area contributed by atoms with Gasteiger partial charge in [0.2, 0.25) is 0 Å². The van der Waals surface area contributed by atoms with Gasteiger partial charge in [-0.15, -0.1) is 0 Å². The zero-order valence-corrected chi connectivity index (χ0v) is 14.6. The van der Waals surface area contributed by atoms with Crippen LogP contribution in [0.15, 0.2) is 24.3 Å². The Labute approximate surface area is 147 Å². The second-order valence-electron chi connectivity index (χ2n) is 5.55. The van der Waals surface area contributed by atoms with Crippen LogP contribution in [0.4, 0.5) is 9.59 Å². The molecular formula is C17H25N3O5. The van der Waals surface area contributed by atoms with Crippen LogP contribution in [0.25, 0.3) is 0 Å². The fourth-order valence-corrected chi connectivity index (χ4v) is 2.58. The van der Waals surface area contributed by atoms with E-state index in [0.717, 1.165) is 0 Å². The molecule has 8 heteroatoms. The maximum Gasteiger partial charge on any atom is 0.409 e. The normalized spacial score (nSPS) is 14.6. The Balaban J connectivity index is 1.67. The smallest absolute Gasteiger partial charge is 0.409 e. The number of nitrogens with zero attached hydrogens (tertiary/aromatic N) is 1. The van der Waals surface area contributed by atoms with Gasteiger partial charge in [0.15, 0.2) is 18.2 Å². The number of rotatable bonds is 6. The Bertz CT molecular complexity index is 573. The lowest BCUT2D eigenvalue weighted by Gasteiger charge is -2.31. The molecule has 1 aromatic carbocycles. The van der Waals surface area contributed by atoms with E-state index in [-0.39, 0.29) is 24.9 Å². The summed E-state index contributed by atoms with van der Waals surface area (Å²) < 4.78 is 15.6. The van der Waals surface area contributed by atoms with Gasteiger partial charge in [-0.3, -0.25) is 0 Å². The summed E-state index contributed by atoms with van der Waals surface area (Å²) >= 11 is 0. The van der Waals surface area contributed by atoms with E-state index >= 15 is 0 Å². The Morgan fingerprint density at radius 1 is 1.20 bits per heavy atom. The standard InChI is InChI=1S/C17H25N3O5/c1-3-24-17(22)20-10-8-13(9-11-20)19-16(21)18-12-25-15-7-5-4-6-14(15)23-2/h4-7,13H,3,8-12H2,1-2H3,(H2,18,19,21). The number of hydrogen-bond acceptors (Lipinski definition) is 5. The van der Waals surface area contributed by atoms with Crippen molar-refractivity contribution in [1.29, 1.82) is 0 Å². The Kier molecular flexibility index (Phi) is 7.18. The van der Waals surface area contributed by atoms with Gasteiger partial charge in [0.25, 0.3) is 0 Å². The summed E-state index contributed by atoms with van der Waals surface area (Å²) in [5.74, 6) is 1.17. The van der Waals surface area contributed by atoms with Gasteiger partial charge < -0.3 is 29.7 Å². The zero-order chi connectivity index (χ0) is 18.1. The van der Waals surface area contributed by atoms with E-state index in [4.69, 9.17) is 14.2 Å². The average molecular weight is 351 g/mol. The minimum Gasteiger partial charge on any atom is -0.493 e. The number of nitrogens with one attached hydrogen (secondary N) is 2. The first-order chi connectivity index (χ1) is 12.1. The van der Waals surface area contributed by atoms with Gasteiger partial charge in [0.05, 0.1) is 13.7 Å². The Hall–Kier alpha value is -2.64. The van der Waals surface area contributed by atoms with Crippen molar-refractivity contribution in [2.24, 2.45) is 0 Å². The number of methoxy groups -OCH3 is 1. The molecular weight excluding hydrogens is 326 g/mol. The summed E-state index contributed by atoms with van der Waals surface area (Å²) in [6, 6.07) is 6.95. The Morgan fingerprint density at radius 2 is 1.88 bits per heavy atom. The predicted molar refractivity (Wildman–Crippen MR) is 91.8 cm³/mol. The molecule has 8 nitrogen and oxygen atoms in total. The molecule has 0 atom stereocenters. The molecule has 2 rings (SSSR count). The van der Waals surface area contributed by atoms with Crippen LogP contribution >= 0.6 is 0 Å². The molecule has 0 bridgehead atoms. The summed E-state index contributed by atoms with van der Waals surface area (Å²) in [5.41, 5.74) is 0. The van der Waals surface area contributed by atoms with Gasteiger partial charge in [-0.05, 0) is 31.9 Å². The highest BCUT2D eigenvalue weighted by molar-refractivity contribution is 5.74. The van der Waals surface area contributed by atoms with Crippen molar-refractivity contribution in [3.8, 4) is 11.5 Å². The first-order valence-corrected chi connectivity index (χ1v) is 8.36. The highest BCUT2D eigenvalue weighted by atomic mass is 16.6. The van der Waals surface area contributed by atoms with Crippen LogP contribution in [-0.4, -0.2) is 56.6 Å². The number of para-hydroxylation sites is 2. The predicted octanol–water partition coefficient (Wildman–Crippen LogP) is 1.95. The number of ether oxygens (including phenoxy) is 3. The fraction of sp³-hybridized carbons (Fsp3) is 0.529. The number of likely N-dealkylation sites (tertiary alicyclic amines) is 1. The number of amides is 3. The molecule has 0 unspecified atom stereocenters. The highest BCUT2D eigenvalue weighted by Crippen LogP contribution is 2.25. The van der Waals surface area contributed by atoms with Crippen LogP contribution in [-0.2, 0) is 4.74 Å². The first-order valence-electron chi connectivity index (χ1n) is 8.36. The van der Waals surface area contributed by atoms with Crippen molar-refractivity contribution in [1.82, 2.24) is 15.5 Å². The number of piperidine rings is 1. The first kappa shape index (κ1) is 18.7. The van der Waals surface area contributed by atoms with E-state index in [1.165, 1.54) is 0 Å². The molecule has 25 heavy (non-hydrogen) atoms. The molecule has 0 aliphatic carbocycles. The zero-order valence-electron chi connectivity index (χ0n) is 14.6. The third-order valence-electron chi connectivity index (χ3n) is 3.89. The van der Waals surface area contributed by atoms with Crippen molar-refractivity contribution in [2.75, 3.05) is 33.5 Å². The van der Waals surface area contributed by atoms with E-state index in [0.29, 0.717) is 44.0 Å². The number of hydrogen-bond donors (Lipinski definition) is 2. The topological polar surface area (TPSA) is 89.1 Å². The second-order valence-corrected chi connectivity index (χ2v) is 5.55. The van der Waals surface area contributed by atoms with Crippen LogP contribution in [0.5, 0.6) is 11.5 Å². The van der Waals surface area contributed by atoms with Crippen molar-refractivity contribution < 1.29 is 23.8 Å². The van der Waals surface area contributed by atoms with Gasteiger partial charge in [0.1, 0.15) is 0 Å². The lowest BCUT2D eigenvalue weighted by molar-refractivity contribution is 0.0956. The summed E-state index contributed by atoms with van der Waals surface area (Å²) in [7, 11) is 1.56. The minimum absolute atomic E-state index is 0.0249. The maximum absolute atomic E-state index is 11.9. The molecule has 0 radical (unpaired) electrons. The minimum atomic E-state index is -0.301. The quantitative estimate of drug-likeness (QED) is 0.765. The Morgan fingerprint density at radius 3 is 2.52 bits per heavy atom. The van der Waals surface area contributed by atoms with Gasteiger partial charge in [-0.1, -0.05) is 12.1 Å². The molecule has 1 fully saturated rings. The molecule has 0 saturated carbocycles. The molecule has 1 aromatic rings. The number of urea groups is 1. The van der Waals surface area contributed by atoms with E-state index in [1.54, 1.807) is 31.1 Å². The molecule has 1 saturated heterocycles. The van der Waals surface area contributed by atoms with E-state index in [9.17, 15) is 9.59 Å². The molecule has 3 amide bonds. The van der Waals surface area contributed by atoms with E-state index in [1.807, 2.05) is 12.1 Å². The van der Waals surface area contributed by atoms with Gasteiger partial charge in [-0.2, -0.15) is 0 Å². The lowest BCUT2D eigenvalue weighted by Crippen LogP contribution is -2.49. The SMILES string of the molecule is CCOC(=O)N1CCC(NC(=O)NCOc2ccccc2OC)CC1. The summed E-state index contributed by atoms with van der Waals surface area (Å²) in [5, 5.41) is 5.54. The molecule has 2 N–H and O–H groups in total. The largest absolute Gasteiger partial charge is 0.493 e. The maximum atomic E-state index is 11.9. The average Bonchev–Trinajstić information content (AvgIpc) is 2.63. The van der Waals surface area contributed by atoms with Crippen LogP contribution in [0.3, 0.4) is 0 Å². The van der Waals surface area contributed by atoms with Crippen LogP contribution in [0.1, 0.15) is 19.8 Å². The number of carbonyl (C=O) groups is 2. The van der Waals surface area contributed by atoms with E-state index < -0.39 is 0 Å². The van der Waals surface area contributed by atoms with Crippen molar-refractivity contribution >= 4 is 12.1 Å². The van der Waals surface area contributed by atoms with Gasteiger partial charge in [-0.25, -0.2) is 9.59 Å². The van der Waals surface area contributed by atoms with Crippen molar-refractivity contribution in [2.45, 2.75) is 25.8 Å². The molecule has 1 aliphatic rings. The van der Waals surface area contributed by atoms with Crippen molar-refractivity contribution in [3.63, 3.8) is 0 Å². The molecule has 1 aliphatic heterocycles. The van der Waals surface area contributed by atoms with Gasteiger partial charge in [0, 0.05) is 19.1 Å². The van der Waals surface area contributed by atoms with Crippen LogP contribution in [0, 0.1) is 0 Å². The van der Waals surface area contributed by atoms with Crippen LogP contribution < -0.4 is 20.1 Å². The highest BCUT2D eigenvalue weighted by Gasteiger charge is 2.24. The lowest BCUT2D eigenvalue weighted by atomic mass is 10.1. The summed E-state index contributed by atoms with van der Waals surface area (Å²) in [6.07, 6.45) is 1.09.